The number of nitrogens with two attached hydrogens (primary N) is 1. The second-order valence-electron chi connectivity index (χ2n) is 5.22. The van der Waals surface area contributed by atoms with Gasteiger partial charge >= 0.3 is 0 Å². The molecule has 5 nitrogen and oxygen atoms in total. The van der Waals surface area contributed by atoms with Gasteiger partial charge < -0.3 is 15.4 Å². The first-order valence-corrected chi connectivity index (χ1v) is 6.87. The SMILES string of the molecule is NC(Cl)=Nc1ccc(N2CC3COCC(C3)C2)cn1. The van der Waals surface area contributed by atoms with Gasteiger partial charge in [-0.3, -0.25) is 0 Å². The molecule has 2 aliphatic rings. The number of nitrogens with zero attached hydrogens (tertiary/aromatic N) is 3. The van der Waals surface area contributed by atoms with E-state index < -0.39 is 0 Å². The Labute approximate surface area is 117 Å². The second-order valence-corrected chi connectivity index (χ2v) is 5.61. The molecule has 102 valence electrons. The highest BCUT2D eigenvalue weighted by molar-refractivity contribution is 6.64. The molecule has 2 saturated heterocycles. The Morgan fingerprint density at radius 1 is 1.37 bits per heavy atom. The fraction of sp³-hybridized carbons (Fsp3) is 0.538. The van der Waals surface area contributed by atoms with E-state index in [9.17, 15) is 0 Å². The van der Waals surface area contributed by atoms with Crippen LogP contribution in [0.5, 0.6) is 0 Å². The van der Waals surface area contributed by atoms with Crippen molar-refractivity contribution in [3.63, 3.8) is 0 Å². The van der Waals surface area contributed by atoms with Gasteiger partial charge in [-0.1, -0.05) is 0 Å². The van der Waals surface area contributed by atoms with E-state index in [4.69, 9.17) is 22.1 Å². The number of ether oxygens (including phenoxy) is 1. The minimum atomic E-state index is 0.00454. The van der Waals surface area contributed by atoms with Gasteiger partial charge in [-0.05, 0) is 30.2 Å². The number of anilines is 1. The van der Waals surface area contributed by atoms with Gasteiger partial charge in [0.2, 0.25) is 0 Å². The van der Waals surface area contributed by atoms with Crippen LogP contribution in [0.2, 0.25) is 0 Å². The molecule has 6 heteroatoms. The van der Waals surface area contributed by atoms with Gasteiger partial charge in [0.1, 0.15) is 0 Å². The van der Waals surface area contributed by atoms with Crippen molar-refractivity contribution in [2.24, 2.45) is 22.6 Å². The molecule has 1 aromatic rings. The molecule has 0 aromatic carbocycles. The highest BCUT2D eigenvalue weighted by Crippen LogP contribution is 2.30. The van der Waals surface area contributed by atoms with Crippen molar-refractivity contribution in [3.8, 4) is 0 Å². The molecule has 2 atom stereocenters. The van der Waals surface area contributed by atoms with Gasteiger partial charge in [0.05, 0.1) is 25.1 Å². The third-order valence-electron chi connectivity index (χ3n) is 3.65. The molecule has 2 bridgehead atoms. The molecule has 0 saturated carbocycles. The Bertz CT molecular complexity index is 460. The summed E-state index contributed by atoms with van der Waals surface area (Å²) in [4.78, 5) is 10.6. The fourth-order valence-electron chi connectivity index (χ4n) is 2.91. The van der Waals surface area contributed by atoms with Crippen LogP contribution in [0.25, 0.3) is 0 Å². The lowest BCUT2D eigenvalue weighted by atomic mass is 9.88. The number of hydrogen-bond acceptors (Lipinski definition) is 4. The fourth-order valence-corrected chi connectivity index (χ4v) is 3.00. The standard InChI is InChI=1S/C13H17ClN4O/c14-13(15)17-12-2-1-11(4-16-12)18-5-9-3-10(6-18)8-19-7-9/h1-2,4,9-10H,3,5-8H2,(H2,15,16,17). The molecule has 3 heterocycles. The van der Waals surface area contributed by atoms with Crippen LogP contribution in [-0.2, 0) is 4.74 Å². The summed E-state index contributed by atoms with van der Waals surface area (Å²) < 4.78 is 5.59. The lowest BCUT2D eigenvalue weighted by molar-refractivity contribution is 0.00623. The molecule has 2 unspecified atom stereocenters. The minimum Gasteiger partial charge on any atom is -0.381 e. The van der Waals surface area contributed by atoms with Crippen molar-refractivity contribution in [1.29, 1.82) is 0 Å². The van der Waals surface area contributed by atoms with Crippen LogP contribution >= 0.6 is 11.6 Å². The molecule has 0 radical (unpaired) electrons. The maximum absolute atomic E-state index is 5.59. The molecule has 1 aromatic heterocycles. The van der Waals surface area contributed by atoms with Crippen LogP contribution < -0.4 is 10.6 Å². The Morgan fingerprint density at radius 2 is 2.11 bits per heavy atom. The van der Waals surface area contributed by atoms with E-state index in [1.165, 1.54) is 6.42 Å². The Kier molecular flexibility index (Phi) is 3.57. The Hall–Kier alpha value is -1.33. The van der Waals surface area contributed by atoms with E-state index in [1.807, 2.05) is 18.3 Å². The summed E-state index contributed by atoms with van der Waals surface area (Å²) in [6, 6.07) is 3.86. The zero-order chi connectivity index (χ0) is 13.2. The number of piperidine rings is 1. The van der Waals surface area contributed by atoms with E-state index in [-0.39, 0.29) is 5.29 Å². The molecule has 0 spiro atoms. The molecule has 3 rings (SSSR count). The van der Waals surface area contributed by atoms with Crippen molar-refractivity contribution in [2.45, 2.75) is 6.42 Å². The summed E-state index contributed by atoms with van der Waals surface area (Å²) in [7, 11) is 0. The van der Waals surface area contributed by atoms with Crippen molar-refractivity contribution in [2.75, 3.05) is 31.2 Å². The van der Waals surface area contributed by atoms with Crippen molar-refractivity contribution >= 4 is 28.4 Å². The monoisotopic (exact) mass is 280 g/mol. The maximum Gasteiger partial charge on any atom is 0.195 e. The molecule has 2 N–H and O–H groups in total. The van der Waals surface area contributed by atoms with Gasteiger partial charge in [0, 0.05) is 24.9 Å². The summed E-state index contributed by atoms with van der Waals surface area (Å²) in [5, 5.41) is 0.00454. The van der Waals surface area contributed by atoms with E-state index in [2.05, 4.69) is 14.9 Å². The molecule has 2 aliphatic heterocycles. The number of pyridine rings is 1. The van der Waals surface area contributed by atoms with Crippen LogP contribution in [0.3, 0.4) is 0 Å². The topological polar surface area (TPSA) is 63.7 Å². The van der Waals surface area contributed by atoms with Crippen LogP contribution in [0.4, 0.5) is 11.5 Å². The number of hydrogen-bond donors (Lipinski definition) is 1. The number of halogens is 1. The summed E-state index contributed by atoms with van der Waals surface area (Å²) in [5.41, 5.74) is 6.45. The smallest absolute Gasteiger partial charge is 0.195 e. The van der Waals surface area contributed by atoms with Crippen molar-refractivity contribution in [3.05, 3.63) is 18.3 Å². The van der Waals surface area contributed by atoms with E-state index in [0.717, 1.165) is 32.0 Å². The van der Waals surface area contributed by atoms with E-state index in [1.54, 1.807) is 0 Å². The maximum atomic E-state index is 5.59. The zero-order valence-electron chi connectivity index (χ0n) is 10.6. The normalized spacial score (nSPS) is 27.4. The minimum absolute atomic E-state index is 0.00454. The van der Waals surface area contributed by atoms with Crippen LogP contribution in [-0.4, -0.2) is 36.6 Å². The summed E-state index contributed by atoms with van der Waals surface area (Å²) in [5.74, 6) is 1.82. The first-order chi connectivity index (χ1) is 9.20. The van der Waals surface area contributed by atoms with Crippen LogP contribution in [0.15, 0.2) is 23.3 Å². The van der Waals surface area contributed by atoms with Gasteiger partial charge in [-0.2, -0.15) is 0 Å². The van der Waals surface area contributed by atoms with Crippen molar-refractivity contribution < 1.29 is 4.74 Å². The molecule has 2 fully saturated rings. The van der Waals surface area contributed by atoms with Gasteiger partial charge in [0.25, 0.3) is 0 Å². The molecular weight excluding hydrogens is 264 g/mol. The number of fused-ring (bicyclic) bond motifs is 2. The zero-order valence-corrected chi connectivity index (χ0v) is 11.4. The number of amidine groups is 1. The molecule has 0 aliphatic carbocycles. The Morgan fingerprint density at radius 3 is 2.68 bits per heavy atom. The lowest BCUT2D eigenvalue weighted by Gasteiger charge is -2.42. The summed E-state index contributed by atoms with van der Waals surface area (Å²) in [6.45, 7) is 3.84. The van der Waals surface area contributed by atoms with Crippen molar-refractivity contribution in [1.82, 2.24) is 4.98 Å². The predicted molar refractivity (Wildman–Crippen MR) is 76.0 cm³/mol. The van der Waals surface area contributed by atoms with Crippen LogP contribution in [0, 0.1) is 11.8 Å². The highest BCUT2D eigenvalue weighted by Gasteiger charge is 2.31. The van der Waals surface area contributed by atoms with E-state index in [0.29, 0.717) is 17.7 Å². The average molecular weight is 281 g/mol. The van der Waals surface area contributed by atoms with Gasteiger partial charge in [0.15, 0.2) is 11.1 Å². The Balaban J connectivity index is 1.73. The largest absolute Gasteiger partial charge is 0.381 e. The lowest BCUT2D eigenvalue weighted by Crippen LogP contribution is -2.46. The number of rotatable bonds is 2. The molecule has 0 amide bonds. The molecule has 19 heavy (non-hydrogen) atoms. The van der Waals surface area contributed by atoms with Gasteiger partial charge in [-0.25, -0.2) is 9.98 Å². The molecular formula is C13H17ClN4O. The second kappa shape index (κ2) is 5.35. The third kappa shape index (κ3) is 2.98. The van der Waals surface area contributed by atoms with E-state index >= 15 is 0 Å². The average Bonchev–Trinajstić information content (AvgIpc) is 2.38. The summed E-state index contributed by atoms with van der Waals surface area (Å²) >= 11 is 5.53. The first-order valence-electron chi connectivity index (χ1n) is 6.49. The highest BCUT2D eigenvalue weighted by atomic mass is 35.5. The number of aromatic nitrogens is 1. The predicted octanol–water partition coefficient (Wildman–Crippen LogP) is 1.74. The number of aliphatic imine (C=N–C) groups is 1. The van der Waals surface area contributed by atoms with Gasteiger partial charge in [-0.15, -0.1) is 0 Å². The first kappa shape index (κ1) is 12.7. The summed E-state index contributed by atoms with van der Waals surface area (Å²) in [6.07, 6.45) is 3.12. The van der Waals surface area contributed by atoms with Crippen LogP contribution in [0.1, 0.15) is 6.42 Å². The quantitative estimate of drug-likeness (QED) is 0.509. The third-order valence-corrected chi connectivity index (χ3v) is 3.73.